The molecule has 0 aliphatic heterocycles. The van der Waals surface area contributed by atoms with Crippen molar-refractivity contribution in [3.8, 4) is 17.2 Å². The Morgan fingerprint density at radius 1 is 0.750 bits per heavy atom. The van der Waals surface area contributed by atoms with Crippen LogP contribution in [0.5, 0.6) is 17.2 Å². The van der Waals surface area contributed by atoms with Crippen LogP contribution < -0.4 is 4.74 Å². The zero-order valence-corrected chi connectivity index (χ0v) is 15.4. The summed E-state index contributed by atoms with van der Waals surface area (Å²) in [7, 11) is 0. The van der Waals surface area contributed by atoms with Gasteiger partial charge in [-0.15, -0.1) is 0 Å². The average molecular weight is 446 g/mol. The number of phenols is 1. The third-order valence-electron chi connectivity index (χ3n) is 3.54. The van der Waals surface area contributed by atoms with Crippen LogP contribution in [0.3, 0.4) is 0 Å². The van der Waals surface area contributed by atoms with Crippen molar-refractivity contribution in [3.63, 3.8) is 0 Å². The molecule has 4 rings (SSSR count). The summed E-state index contributed by atoms with van der Waals surface area (Å²) in [5.74, 6) is 1.48. The van der Waals surface area contributed by atoms with Gasteiger partial charge in [0.05, 0.1) is 15.5 Å². The fourth-order valence-corrected chi connectivity index (χ4v) is 3.64. The summed E-state index contributed by atoms with van der Waals surface area (Å²) in [5, 5.41) is 10.2. The lowest BCUT2D eigenvalue weighted by molar-refractivity contribution is 0.476. The minimum absolute atomic E-state index is 0.0666. The van der Waals surface area contributed by atoms with E-state index in [1.165, 1.54) is 0 Å². The summed E-state index contributed by atoms with van der Waals surface area (Å²) in [4.78, 5) is 9.13. The number of nitrogens with zero attached hydrogens (tertiary/aromatic N) is 2. The summed E-state index contributed by atoms with van der Waals surface area (Å²) >= 11 is 6.78. The van der Waals surface area contributed by atoms with Gasteiger partial charge in [-0.1, -0.05) is 18.2 Å². The van der Waals surface area contributed by atoms with E-state index in [4.69, 9.17) is 4.74 Å². The van der Waals surface area contributed by atoms with Gasteiger partial charge in [0, 0.05) is 10.5 Å². The highest BCUT2D eigenvalue weighted by Crippen LogP contribution is 2.37. The molecule has 0 aliphatic carbocycles. The minimum atomic E-state index is 0.0666. The second-order valence-electron chi connectivity index (χ2n) is 5.18. The van der Waals surface area contributed by atoms with Crippen molar-refractivity contribution < 1.29 is 9.84 Å². The average Bonchev–Trinajstić information content (AvgIpc) is 2.59. The minimum Gasteiger partial charge on any atom is -0.504 e. The van der Waals surface area contributed by atoms with Crippen molar-refractivity contribution in [2.24, 2.45) is 0 Å². The molecule has 0 aliphatic rings. The highest BCUT2D eigenvalue weighted by atomic mass is 79.9. The first-order chi connectivity index (χ1) is 11.6. The first kappa shape index (κ1) is 15.4. The van der Waals surface area contributed by atoms with Gasteiger partial charge in [0.15, 0.2) is 5.75 Å². The summed E-state index contributed by atoms with van der Waals surface area (Å²) in [5.41, 5.74) is 2.42. The predicted molar refractivity (Wildman–Crippen MR) is 101 cm³/mol. The number of para-hydroxylation sites is 1. The van der Waals surface area contributed by atoms with Crippen LogP contribution >= 0.6 is 31.9 Å². The molecule has 0 spiro atoms. The van der Waals surface area contributed by atoms with Crippen molar-refractivity contribution in [1.82, 2.24) is 9.97 Å². The molecule has 0 saturated heterocycles. The standard InChI is InChI=1S/C18H10Br2N2O2/c19-12-9-13(20)18(23)17-16(12)21-14-7-6-11(8-15(14)22-17)24-10-4-2-1-3-5-10/h1-9,23H. The summed E-state index contributed by atoms with van der Waals surface area (Å²) in [6, 6.07) is 16.8. The summed E-state index contributed by atoms with van der Waals surface area (Å²) < 4.78 is 7.15. The molecule has 3 aromatic carbocycles. The lowest BCUT2D eigenvalue weighted by Crippen LogP contribution is -1.91. The van der Waals surface area contributed by atoms with E-state index >= 15 is 0 Å². The number of ether oxygens (including phenoxy) is 1. The third-order valence-corrected chi connectivity index (χ3v) is 4.75. The van der Waals surface area contributed by atoms with Crippen LogP contribution in [0.2, 0.25) is 0 Å². The monoisotopic (exact) mass is 444 g/mol. The van der Waals surface area contributed by atoms with Crippen molar-refractivity contribution in [2.45, 2.75) is 0 Å². The first-order valence-corrected chi connectivity index (χ1v) is 8.72. The van der Waals surface area contributed by atoms with Crippen LogP contribution in [-0.2, 0) is 0 Å². The zero-order valence-electron chi connectivity index (χ0n) is 12.2. The number of hydrogen-bond acceptors (Lipinski definition) is 4. The molecular weight excluding hydrogens is 436 g/mol. The molecule has 0 atom stereocenters. The smallest absolute Gasteiger partial charge is 0.157 e. The van der Waals surface area contributed by atoms with Crippen molar-refractivity contribution in [2.75, 3.05) is 0 Å². The van der Waals surface area contributed by atoms with E-state index in [1.807, 2.05) is 48.5 Å². The van der Waals surface area contributed by atoms with Crippen molar-refractivity contribution in [3.05, 3.63) is 63.5 Å². The molecular formula is C18H10Br2N2O2. The normalized spacial score (nSPS) is 11.1. The SMILES string of the molecule is Oc1c(Br)cc(Br)c2nc3ccc(Oc4ccccc4)cc3nc12. The van der Waals surface area contributed by atoms with Gasteiger partial charge in [-0.2, -0.15) is 0 Å². The fraction of sp³-hybridized carbons (Fsp3) is 0. The Morgan fingerprint density at radius 3 is 2.29 bits per heavy atom. The molecule has 118 valence electrons. The fourth-order valence-electron chi connectivity index (χ4n) is 2.41. The summed E-state index contributed by atoms with van der Waals surface area (Å²) in [6.07, 6.45) is 0. The molecule has 0 unspecified atom stereocenters. The van der Waals surface area contributed by atoms with Crippen LogP contribution in [-0.4, -0.2) is 15.1 Å². The van der Waals surface area contributed by atoms with Gasteiger partial charge in [-0.25, -0.2) is 9.97 Å². The Hall–Kier alpha value is -2.18. The molecule has 0 radical (unpaired) electrons. The Balaban J connectivity index is 1.87. The molecule has 4 nitrogen and oxygen atoms in total. The van der Waals surface area contributed by atoms with E-state index in [-0.39, 0.29) is 5.75 Å². The van der Waals surface area contributed by atoms with Crippen LogP contribution in [0.15, 0.2) is 63.5 Å². The van der Waals surface area contributed by atoms with E-state index < -0.39 is 0 Å². The Labute approximate surface area is 154 Å². The number of aromatic nitrogens is 2. The highest BCUT2D eigenvalue weighted by Gasteiger charge is 2.13. The molecule has 0 saturated carbocycles. The van der Waals surface area contributed by atoms with Crippen molar-refractivity contribution in [1.29, 1.82) is 0 Å². The molecule has 4 aromatic rings. The number of fused-ring (bicyclic) bond motifs is 2. The van der Waals surface area contributed by atoms with Gasteiger partial charge in [0.2, 0.25) is 0 Å². The number of benzene rings is 3. The number of hydrogen-bond donors (Lipinski definition) is 1. The molecule has 0 bridgehead atoms. The van der Waals surface area contributed by atoms with Gasteiger partial charge < -0.3 is 9.84 Å². The van der Waals surface area contributed by atoms with E-state index in [9.17, 15) is 5.11 Å². The topological polar surface area (TPSA) is 55.2 Å². The van der Waals surface area contributed by atoms with Crippen LogP contribution in [0.1, 0.15) is 0 Å². The van der Waals surface area contributed by atoms with Crippen LogP contribution in [0, 0.1) is 0 Å². The molecule has 1 aromatic heterocycles. The molecule has 1 N–H and O–H groups in total. The molecule has 1 heterocycles. The molecule has 6 heteroatoms. The molecule has 0 fully saturated rings. The van der Waals surface area contributed by atoms with Crippen molar-refractivity contribution >= 4 is 53.9 Å². The number of phenolic OH excluding ortho intramolecular Hbond substituents is 1. The zero-order chi connectivity index (χ0) is 16.7. The van der Waals surface area contributed by atoms with E-state index in [1.54, 1.807) is 6.07 Å². The maximum atomic E-state index is 10.2. The highest BCUT2D eigenvalue weighted by molar-refractivity contribution is 9.11. The quantitative estimate of drug-likeness (QED) is 0.396. The maximum absolute atomic E-state index is 10.2. The molecule has 0 amide bonds. The number of halogens is 2. The van der Waals surface area contributed by atoms with Crippen LogP contribution in [0.25, 0.3) is 22.1 Å². The number of aromatic hydroxyl groups is 1. The lowest BCUT2D eigenvalue weighted by Gasteiger charge is -2.09. The largest absolute Gasteiger partial charge is 0.504 e. The third kappa shape index (κ3) is 2.72. The lowest BCUT2D eigenvalue weighted by atomic mass is 10.2. The van der Waals surface area contributed by atoms with E-state index in [2.05, 4.69) is 41.8 Å². The van der Waals surface area contributed by atoms with Gasteiger partial charge in [0.1, 0.15) is 22.5 Å². The summed E-state index contributed by atoms with van der Waals surface area (Å²) in [6.45, 7) is 0. The Morgan fingerprint density at radius 2 is 1.50 bits per heavy atom. The van der Waals surface area contributed by atoms with Gasteiger partial charge in [0.25, 0.3) is 0 Å². The van der Waals surface area contributed by atoms with Gasteiger partial charge in [-0.05, 0) is 62.2 Å². The van der Waals surface area contributed by atoms with Crippen LogP contribution in [0.4, 0.5) is 0 Å². The van der Waals surface area contributed by atoms with Gasteiger partial charge >= 0.3 is 0 Å². The Kier molecular flexibility index (Phi) is 3.86. The second-order valence-corrected chi connectivity index (χ2v) is 6.88. The predicted octanol–water partition coefficient (Wildman–Crippen LogP) is 5.81. The molecule has 24 heavy (non-hydrogen) atoms. The van der Waals surface area contributed by atoms with E-state index in [0.717, 1.165) is 15.7 Å². The van der Waals surface area contributed by atoms with E-state index in [0.29, 0.717) is 26.8 Å². The first-order valence-electron chi connectivity index (χ1n) is 7.13. The number of rotatable bonds is 2. The second kappa shape index (κ2) is 6.03. The van der Waals surface area contributed by atoms with Gasteiger partial charge in [-0.3, -0.25) is 0 Å². The Bertz CT molecular complexity index is 1070. The maximum Gasteiger partial charge on any atom is 0.157 e.